The van der Waals surface area contributed by atoms with E-state index in [1.807, 2.05) is 36.7 Å². The number of benzene rings is 1. The summed E-state index contributed by atoms with van der Waals surface area (Å²) in [5.41, 5.74) is 1.79. The summed E-state index contributed by atoms with van der Waals surface area (Å²) >= 11 is 1.45. The van der Waals surface area contributed by atoms with Crippen LogP contribution in [0.4, 0.5) is 0 Å². The van der Waals surface area contributed by atoms with Crippen LogP contribution in [0.25, 0.3) is 0 Å². The highest BCUT2D eigenvalue weighted by atomic mass is 32.2. The molecule has 0 saturated carbocycles. The van der Waals surface area contributed by atoms with E-state index in [0.717, 1.165) is 16.1 Å². The lowest BCUT2D eigenvalue weighted by Crippen LogP contribution is -2.15. The molecule has 0 fully saturated rings. The molecule has 0 bridgehead atoms. The van der Waals surface area contributed by atoms with Gasteiger partial charge in [0.05, 0.1) is 5.75 Å². The van der Waals surface area contributed by atoms with Crippen molar-refractivity contribution in [3.8, 4) is 0 Å². The number of hydrogen-bond acceptors (Lipinski definition) is 3. The molecule has 0 aliphatic carbocycles. The number of hydrogen-bond donors (Lipinski definition) is 0. The molecule has 2 rings (SSSR count). The summed E-state index contributed by atoms with van der Waals surface area (Å²) in [7, 11) is -1.69. The third-order valence-corrected chi connectivity index (χ3v) is 6.33. The minimum Gasteiger partial charge on any atom is -0.323 e. The second-order valence-electron chi connectivity index (χ2n) is 6.41. The van der Waals surface area contributed by atoms with Gasteiger partial charge in [-0.1, -0.05) is 51.1 Å². The quantitative estimate of drug-likeness (QED) is 0.863. The molecule has 0 saturated heterocycles. The summed E-state index contributed by atoms with van der Waals surface area (Å²) in [5, 5.41) is 0. The summed E-state index contributed by atoms with van der Waals surface area (Å²) in [6.45, 7) is 8.36. The standard InChI is InChI=1S/C16H22N2O2S2/c1-12-14(16(2,3)4)21-15(18(12)5)17-22(19,20)11-13-9-7-6-8-10-13/h6-10H,11H2,1-5H3. The number of sulfonamides is 1. The Morgan fingerprint density at radius 1 is 1.18 bits per heavy atom. The molecule has 0 radical (unpaired) electrons. The summed E-state index contributed by atoms with van der Waals surface area (Å²) < 4.78 is 30.5. The molecule has 0 atom stereocenters. The smallest absolute Gasteiger partial charge is 0.260 e. The molecule has 1 aromatic carbocycles. The van der Waals surface area contributed by atoms with Crippen LogP contribution in [0.15, 0.2) is 34.7 Å². The fraction of sp³-hybridized carbons (Fsp3) is 0.438. The van der Waals surface area contributed by atoms with Crippen LogP contribution in [0.1, 0.15) is 36.9 Å². The van der Waals surface area contributed by atoms with Crippen LogP contribution in [0.3, 0.4) is 0 Å². The van der Waals surface area contributed by atoms with Gasteiger partial charge in [0.15, 0.2) is 0 Å². The van der Waals surface area contributed by atoms with Crippen LogP contribution in [0.2, 0.25) is 0 Å². The molecule has 6 heteroatoms. The summed E-state index contributed by atoms with van der Waals surface area (Å²) in [6, 6.07) is 9.13. The zero-order valence-corrected chi connectivity index (χ0v) is 15.3. The van der Waals surface area contributed by atoms with E-state index in [9.17, 15) is 8.42 Å². The first kappa shape index (κ1) is 17.0. The molecule has 22 heavy (non-hydrogen) atoms. The second-order valence-corrected chi connectivity index (χ2v) is 9.02. The Hall–Kier alpha value is -1.40. The Balaban J connectivity index is 2.45. The molecule has 0 N–H and O–H groups in total. The normalized spacial score (nSPS) is 13.6. The van der Waals surface area contributed by atoms with E-state index >= 15 is 0 Å². The van der Waals surface area contributed by atoms with Crippen molar-refractivity contribution in [2.24, 2.45) is 11.4 Å². The van der Waals surface area contributed by atoms with Gasteiger partial charge in [0, 0.05) is 17.6 Å². The van der Waals surface area contributed by atoms with Gasteiger partial charge in [-0.15, -0.1) is 15.7 Å². The number of rotatable bonds is 3. The van der Waals surface area contributed by atoms with Gasteiger partial charge in [0.2, 0.25) is 4.80 Å². The highest BCUT2D eigenvalue weighted by Crippen LogP contribution is 2.27. The first-order valence-corrected chi connectivity index (χ1v) is 9.52. The van der Waals surface area contributed by atoms with Gasteiger partial charge in [-0.2, -0.15) is 0 Å². The van der Waals surface area contributed by atoms with Crippen molar-refractivity contribution in [3.63, 3.8) is 0 Å². The van der Waals surface area contributed by atoms with Crippen LogP contribution >= 0.6 is 11.3 Å². The fourth-order valence-electron chi connectivity index (χ4n) is 2.24. The van der Waals surface area contributed by atoms with Crippen molar-refractivity contribution in [3.05, 3.63) is 51.3 Å². The minimum absolute atomic E-state index is 0.0243. The molecule has 1 heterocycles. The van der Waals surface area contributed by atoms with E-state index in [-0.39, 0.29) is 11.2 Å². The molecule has 1 aromatic heterocycles. The predicted molar refractivity (Wildman–Crippen MR) is 91.4 cm³/mol. The zero-order chi connectivity index (χ0) is 16.5. The van der Waals surface area contributed by atoms with Gasteiger partial charge in [-0.25, -0.2) is 8.42 Å². The molecule has 2 aromatic rings. The maximum absolute atomic E-state index is 12.3. The van der Waals surface area contributed by atoms with Gasteiger partial charge in [-0.3, -0.25) is 0 Å². The van der Waals surface area contributed by atoms with Crippen molar-refractivity contribution in [2.75, 3.05) is 0 Å². The third-order valence-electron chi connectivity index (χ3n) is 3.40. The molecular formula is C16H22N2O2S2. The lowest BCUT2D eigenvalue weighted by molar-refractivity contribution is 0.591. The van der Waals surface area contributed by atoms with Crippen LogP contribution in [0, 0.1) is 6.92 Å². The van der Waals surface area contributed by atoms with E-state index in [4.69, 9.17) is 0 Å². The molecule has 0 amide bonds. The number of thiazole rings is 1. The largest absolute Gasteiger partial charge is 0.323 e. The van der Waals surface area contributed by atoms with E-state index in [1.54, 1.807) is 12.1 Å². The van der Waals surface area contributed by atoms with E-state index in [1.165, 1.54) is 11.3 Å². The molecule has 0 unspecified atom stereocenters. The molecule has 0 spiro atoms. The highest BCUT2D eigenvalue weighted by molar-refractivity contribution is 7.89. The first-order chi connectivity index (χ1) is 10.1. The van der Waals surface area contributed by atoms with Gasteiger partial charge in [0.25, 0.3) is 10.0 Å². The predicted octanol–water partition coefficient (Wildman–Crippen LogP) is 3.12. The number of aromatic nitrogens is 1. The maximum atomic E-state index is 12.3. The lowest BCUT2D eigenvalue weighted by Gasteiger charge is -2.17. The van der Waals surface area contributed by atoms with Crippen LogP contribution in [-0.2, 0) is 28.2 Å². The van der Waals surface area contributed by atoms with Gasteiger partial charge >= 0.3 is 0 Å². The van der Waals surface area contributed by atoms with Crippen molar-refractivity contribution < 1.29 is 8.42 Å². The monoisotopic (exact) mass is 338 g/mol. The summed E-state index contributed by atoms with van der Waals surface area (Å²) in [5.74, 6) is -0.0738. The van der Waals surface area contributed by atoms with E-state index in [0.29, 0.717) is 4.80 Å². The van der Waals surface area contributed by atoms with Crippen LogP contribution in [0.5, 0.6) is 0 Å². The van der Waals surface area contributed by atoms with Gasteiger partial charge in [0.1, 0.15) is 0 Å². The lowest BCUT2D eigenvalue weighted by atomic mass is 9.93. The van der Waals surface area contributed by atoms with Crippen molar-refractivity contribution in [1.29, 1.82) is 0 Å². The van der Waals surface area contributed by atoms with E-state index in [2.05, 4.69) is 25.2 Å². The topological polar surface area (TPSA) is 51.4 Å². The van der Waals surface area contributed by atoms with Crippen molar-refractivity contribution in [1.82, 2.24) is 4.57 Å². The summed E-state index contributed by atoms with van der Waals surface area (Å²) in [4.78, 5) is 1.68. The third kappa shape index (κ3) is 3.87. The Kier molecular flexibility index (Phi) is 4.63. The summed E-state index contributed by atoms with van der Waals surface area (Å²) in [6.07, 6.45) is 0. The average molecular weight is 338 g/mol. The fourth-order valence-corrected chi connectivity index (χ4v) is 4.82. The van der Waals surface area contributed by atoms with E-state index < -0.39 is 10.0 Å². The molecule has 120 valence electrons. The minimum atomic E-state index is -3.54. The first-order valence-electron chi connectivity index (χ1n) is 7.10. The van der Waals surface area contributed by atoms with Crippen molar-refractivity contribution in [2.45, 2.75) is 38.9 Å². The molecule has 4 nitrogen and oxygen atoms in total. The van der Waals surface area contributed by atoms with Gasteiger partial charge in [-0.05, 0) is 17.9 Å². The Labute approximate surface area is 136 Å². The Bertz CT molecular complexity index is 823. The Morgan fingerprint density at radius 3 is 2.27 bits per heavy atom. The van der Waals surface area contributed by atoms with Gasteiger partial charge < -0.3 is 4.57 Å². The van der Waals surface area contributed by atoms with Crippen LogP contribution in [-0.4, -0.2) is 13.0 Å². The highest BCUT2D eigenvalue weighted by Gasteiger charge is 2.21. The zero-order valence-electron chi connectivity index (χ0n) is 13.6. The van der Waals surface area contributed by atoms with Crippen LogP contribution < -0.4 is 4.80 Å². The Morgan fingerprint density at radius 2 is 1.77 bits per heavy atom. The SMILES string of the molecule is Cc1c(C(C)(C)C)sc(=NS(=O)(=O)Cc2ccccc2)n1C. The van der Waals surface area contributed by atoms with Crippen molar-refractivity contribution >= 4 is 21.4 Å². The molecular weight excluding hydrogens is 316 g/mol. The maximum Gasteiger partial charge on any atom is 0.260 e. The second kappa shape index (κ2) is 6.01. The molecule has 0 aliphatic heterocycles. The number of nitrogens with zero attached hydrogens (tertiary/aromatic N) is 2. The average Bonchev–Trinajstić information content (AvgIpc) is 2.67. The molecule has 0 aliphatic rings.